The van der Waals surface area contributed by atoms with Crippen molar-refractivity contribution in [1.29, 1.82) is 0 Å². The van der Waals surface area contributed by atoms with Gasteiger partial charge in [-0.2, -0.15) is 0 Å². The fraction of sp³-hybridized carbons (Fsp3) is 0.333. The van der Waals surface area contributed by atoms with E-state index >= 15 is 0 Å². The Morgan fingerprint density at radius 2 is 1.21 bits per heavy atom. The van der Waals surface area contributed by atoms with E-state index in [-0.39, 0.29) is 51.0 Å². The van der Waals surface area contributed by atoms with E-state index in [2.05, 4.69) is 61.4 Å². The molecular formula is C24H29Cl2SiZr. The quantitative estimate of drug-likeness (QED) is 0.310. The Morgan fingerprint density at radius 3 is 1.57 bits per heavy atom. The first kappa shape index (κ1) is 27.6. The first-order valence-electron chi connectivity index (χ1n) is 9.60. The summed E-state index contributed by atoms with van der Waals surface area (Å²) >= 11 is 0. The summed E-state index contributed by atoms with van der Waals surface area (Å²) in [7, 11) is 1.90. The Morgan fingerprint density at radius 1 is 0.750 bits per heavy atom. The Kier molecular flexibility index (Phi) is 15.2. The number of halogens is 2. The molecule has 1 radical (unpaired) electrons. The van der Waals surface area contributed by atoms with Crippen molar-refractivity contribution in [2.24, 2.45) is 11.8 Å². The van der Waals surface area contributed by atoms with Crippen LogP contribution in [-0.4, -0.2) is 10.2 Å². The Labute approximate surface area is 206 Å². The van der Waals surface area contributed by atoms with E-state index in [0.717, 1.165) is 11.8 Å². The summed E-state index contributed by atoms with van der Waals surface area (Å²) in [5.74, 6) is 1.77. The van der Waals surface area contributed by atoms with Gasteiger partial charge < -0.3 is 24.8 Å². The Balaban J connectivity index is 0.000000374. The van der Waals surface area contributed by atoms with E-state index in [1.165, 1.54) is 43.7 Å². The summed E-state index contributed by atoms with van der Waals surface area (Å²) in [6, 6.07) is 10.3. The number of hydrogen-bond donors (Lipinski definition) is 0. The van der Waals surface area contributed by atoms with E-state index in [4.69, 9.17) is 0 Å². The van der Waals surface area contributed by atoms with Gasteiger partial charge in [0.1, 0.15) is 0 Å². The summed E-state index contributed by atoms with van der Waals surface area (Å²) in [5.41, 5.74) is 3.16. The summed E-state index contributed by atoms with van der Waals surface area (Å²) in [6.45, 7) is 0. The zero-order valence-corrected chi connectivity index (χ0v) is 21.8. The van der Waals surface area contributed by atoms with Crippen LogP contribution >= 0.6 is 0 Å². The minimum absolute atomic E-state index is 0. The predicted octanol–water partition coefficient (Wildman–Crippen LogP) is -1.08. The van der Waals surface area contributed by atoms with E-state index in [1.54, 1.807) is 11.1 Å². The van der Waals surface area contributed by atoms with Crippen molar-refractivity contribution in [2.75, 3.05) is 0 Å². The normalized spacial score (nSPS) is 22.2. The van der Waals surface area contributed by atoms with Crippen molar-refractivity contribution < 1.29 is 51.0 Å². The maximum atomic E-state index is 2.37. The van der Waals surface area contributed by atoms with Gasteiger partial charge in [-0.05, 0) is 24.7 Å². The monoisotopic (exact) mass is 505 g/mol. The molecule has 4 aliphatic rings. The van der Waals surface area contributed by atoms with Gasteiger partial charge in [-0.25, -0.2) is 36.1 Å². The van der Waals surface area contributed by atoms with Gasteiger partial charge >= 0.3 is 26.2 Å². The second-order valence-electron chi connectivity index (χ2n) is 7.10. The van der Waals surface area contributed by atoms with Crippen molar-refractivity contribution in [3.8, 4) is 0 Å². The summed E-state index contributed by atoms with van der Waals surface area (Å²) < 4.78 is 0. The average Bonchev–Trinajstić information content (AvgIpc) is 3.32. The Hall–Kier alpha value is -0.400. The molecule has 2 unspecified atom stereocenters. The molecule has 4 heteroatoms. The van der Waals surface area contributed by atoms with Crippen LogP contribution in [0.2, 0.25) is 0 Å². The van der Waals surface area contributed by atoms with Crippen LogP contribution in [0.25, 0.3) is 0 Å². The maximum Gasteiger partial charge on any atom is 4.00 e. The molecule has 147 valence electrons. The summed E-state index contributed by atoms with van der Waals surface area (Å²) in [4.78, 5) is 0. The molecule has 2 fully saturated rings. The fourth-order valence-corrected chi connectivity index (χ4v) is 4.08. The molecule has 0 aromatic heterocycles. The van der Waals surface area contributed by atoms with Gasteiger partial charge in [-0.1, -0.05) is 48.4 Å². The molecule has 0 bridgehead atoms. The zero-order chi connectivity index (χ0) is 17.3. The van der Waals surface area contributed by atoms with Gasteiger partial charge in [0.2, 0.25) is 0 Å². The minimum Gasteiger partial charge on any atom is -1.00 e. The van der Waals surface area contributed by atoms with Crippen LogP contribution in [0.3, 0.4) is 0 Å². The first-order chi connectivity index (χ1) is 12.3. The second-order valence-corrected chi connectivity index (χ2v) is 7.92. The number of fused-ring (bicyclic) bond motifs is 2. The van der Waals surface area contributed by atoms with Gasteiger partial charge in [0.15, 0.2) is 0 Å². The zero-order valence-electron chi connectivity index (χ0n) is 16.4. The molecular weight excluding hydrogens is 478 g/mol. The van der Waals surface area contributed by atoms with E-state index in [0.29, 0.717) is 0 Å². The summed E-state index contributed by atoms with van der Waals surface area (Å²) in [5, 5.41) is 1.35. The molecule has 5 rings (SSSR count). The predicted molar refractivity (Wildman–Crippen MR) is 112 cm³/mol. The van der Waals surface area contributed by atoms with Gasteiger partial charge in [-0.15, -0.1) is 37.1 Å². The van der Waals surface area contributed by atoms with Crippen LogP contribution in [0, 0.1) is 24.7 Å². The third-order valence-corrected chi connectivity index (χ3v) is 5.74. The van der Waals surface area contributed by atoms with Crippen molar-refractivity contribution in [3.05, 3.63) is 90.8 Å². The van der Waals surface area contributed by atoms with Gasteiger partial charge in [-0.3, -0.25) is 0 Å². The number of hydrogen-bond acceptors (Lipinski definition) is 0. The van der Waals surface area contributed by atoms with Crippen molar-refractivity contribution in [1.82, 2.24) is 0 Å². The molecule has 0 saturated heterocycles. The number of rotatable bonds is 0. The molecule has 0 aliphatic heterocycles. The van der Waals surface area contributed by atoms with Crippen LogP contribution < -0.4 is 30.0 Å². The SMILES string of the molecule is C1=CCC2CC[CH-]C2=C1.C1=CCC2CC[CH-]C2=C1.[Cl-].[Cl-].[SiH2]c1ccccc1.[Zr+4]. The smallest absolute Gasteiger partial charge is 1.00 e. The number of allylic oxidation sites excluding steroid dienone is 8. The van der Waals surface area contributed by atoms with Crippen LogP contribution in [0.1, 0.15) is 38.5 Å². The molecule has 0 N–H and O–H groups in total. The van der Waals surface area contributed by atoms with Crippen LogP contribution in [0.5, 0.6) is 0 Å². The van der Waals surface area contributed by atoms with E-state index < -0.39 is 0 Å². The standard InChI is InChI=1S/2C9H11.C6H7Si.2ClH.Zr/c2*1-2-5-9-7-3-6-8(9)4-1;7-6-4-2-1-3-5-6;;;/h2*1-2,4,6,9H,3,5,7H2;1-5H,7H2;2*1H;/q2*-1;;;;+4/p-2. The summed E-state index contributed by atoms with van der Waals surface area (Å²) in [6.07, 6.45) is 26.1. The first-order valence-corrected chi connectivity index (χ1v) is 10.3. The van der Waals surface area contributed by atoms with Gasteiger partial charge in [0.05, 0.1) is 0 Å². The molecule has 0 spiro atoms. The molecule has 28 heavy (non-hydrogen) atoms. The number of benzene rings is 1. The molecule has 2 saturated carbocycles. The molecule has 1 aromatic rings. The molecule has 0 amide bonds. The van der Waals surface area contributed by atoms with E-state index in [1.807, 2.05) is 28.4 Å². The topological polar surface area (TPSA) is 0 Å². The molecule has 0 nitrogen and oxygen atoms in total. The van der Waals surface area contributed by atoms with Crippen molar-refractivity contribution >= 4 is 15.4 Å². The molecule has 2 atom stereocenters. The third-order valence-electron chi connectivity index (χ3n) is 5.27. The third kappa shape index (κ3) is 8.95. The minimum atomic E-state index is 0. The Bertz CT molecular complexity index is 624. The maximum absolute atomic E-state index is 2.37. The van der Waals surface area contributed by atoms with Crippen LogP contribution in [0.15, 0.2) is 77.9 Å². The van der Waals surface area contributed by atoms with E-state index in [9.17, 15) is 0 Å². The van der Waals surface area contributed by atoms with Crippen LogP contribution in [-0.2, 0) is 26.2 Å². The molecule has 1 aromatic carbocycles. The van der Waals surface area contributed by atoms with Gasteiger partial charge in [0, 0.05) is 10.2 Å². The fourth-order valence-electron chi connectivity index (χ4n) is 3.81. The van der Waals surface area contributed by atoms with Crippen molar-refractivity contribution in [3.63, 3.8) is 0 Å². The second kappa shape index (κ2) is 15.4. The van der Waals surface area contributed by atoms with Crippen molar-refractivity contribution in [2.45, 2.75) is 38.5 Å². The molecule has 4 aliphatic carbocycles. The van der Waals surface area contributed by atoms with Gasteiger partial charge in [0.25, 0.3) is 0 Å². The average molecular weight is 508 g/mol. The van der Waals surface area contributed by atoms with Crippen LogP contribution in [0.4, 0.5) is 0 Å². The molecule has 0 heterocycles. The largest absolute Gasteiger partial charge is 4.00 e.